The second-order valence-electron chi connectivity index (χ2n) is 5.77. The van der Waals surface area contributed by atoms with Crippen molar-refractivity contribution >= 4 is 0 Å². The van der Waals surface area contributed by atoms with Gasteiger partial charge in [-0.15, -0.1) is 0 Å². The van der Waals surface area contributed by atoms with Gasteiger partial charge in [0.2, 0.25) is 0 Å². The van der Waals surface area contributed by atoms with Crippen LogP contribution in [0.25, 0.3) is 0 Å². The minimum absolute atomic E-state index is 0.0609. The van der Waals surface area contributed by atoms with E-state index in [0.717, 1.165) is 32.1 Å². The molecule has 0 saturated heterocycles. The van der Waals surface area contributed by atoms with Crippen molar-refractivity contribution in [2.45, 2.75) is 64.5 Å². The molecule has 1 aromatic rings. The second-order valence-corrected chi connectivity index (χ2v) is 5.77. The predicted molar refractivity (Wildman–Crippen MR) is 85.7 cm³/mol. The van der Waals surface area contributed by atoms with Crippen molar-refractivity contribution < 1.29 is 23.0 Å². The highest BCUT2D eigenvalue weighted by atomic mass is 19.4. The van der Waals surface area contributed by atoms with Crippen LogP contribution in [0, 0.1) is 0 Å². The smallest absolute Gasteiger partial charge is 0.419 e. The molecule has 0 atom stereocenters. The number of benzene rings is 1. The molecule has 0 unspecified atom stereocenters. The zero-order chi connectivity index (χ0) is 17.1. The Balaban J connectivity index is 2.63. The first-order valence-electron chi connectivity index (χ1n) is 8.42. The van der Waals surface area contributed by atoms with Crippen molar-refractivity contribution in [1.82, 2.24) is 0 Å². The molecule has 1 rings (SSSR count). The number of halogens is 3. The largest absolute Gasteiger partial charge is 0.493 e. The maximum atomic E-state index is 13.2. The topological polar surface area (TPSA) is 29.5 Å². The van der Waals surface area contributed by atoms with Crippen molar-refractivity contribution in [1.29, 1.82) is 0 Å². The third-order valence-corrected chi connectivity index (χ3v) is 3.73. The van der Waals surface area contributed by atoms with Gasteiger partial charge in [0.1, 0.15) is 5.75 Å². The number of hydrogen-bond donors (Lipinski definition) is 1. The summed E-state index contributed by atoms with van der Waals surface area (Å²) in [6.07, 6.45) is 2.52. The molecule has 0 bridgehead atoms. The van der Waals surface area contributed by atoms with Crippen LogP contribution in [0.3, 0.4) is 0 Å². The van der Waals surface area contributed by atoms with E-state index >= 15 is 0 Å². The zero-order valence-corrected chi connectivity index (χ0v) is 13.8. The molecule has 1 N–H and O–H groups in total. The lowest BCUT2D eigenvalue weighted by atomic mass is 10.0. The van der Waals surface area contributed by atoms with Crippen LogP contribution >= 0.6 is 0 Å². The van der Waals surface area contributed by atoms with Gasteiger partial charge in [0, 0.05) is 6.61 Å². The molecule has 0 aliphatic carbocycles. The van der Waals surface area contributed by atoms with Crippen LogP contribution < -0.4 is 4.74 Å². The third kappa shape index (κ3) is 7.73. The summed E-state index contributed by atoms with van der Waals surface area (Å²) >= 11 is 0. The fourth-order valence-electron chi connectivity index (χ4n) is 2.41. The van der Waals surface area contributed by atoms with Crippen LogP contribution in [0.5, 0.6) is 5.75 Å². The van der Waals surface area contributed by atoms with E-state index in [4.69, 9.17) is 9.84 Å². The lowest BCUT2D eigenvalue weighted by molar-refractivity contribution is -0.139. The van der Waals surface area contributed by atoms with Gasteiger partial charge >= 0.3 is 6.18 Å². The van der Waals surface area contributed by atoms with Crippen LogP contribution in [0.4, 0.5) is 13.2 Å². The Hall–Kier alpha value is -1.23. The number of aliphatic hydroxyl groups is 1. The normalized spacial score (nSPS) is 11.7. The predicted octanol–water partition coefficient (Wildman–Crippen LogP) is 5.37. The van der Waals surface area contributed by atoms with Crippen LogP contribution in [-0.4, -0.2) is 18.3 Å². The number of aryl methyl sites for hydroxylation is 1. The van der Waals surface area contributed by atoms with Gasteiger partial charge in [-0.25, -0.2) is 0 Å². The van der Waals surface area contributed by atoms with E-state index in [1.165, 1.54) is 12.1 Å². The van der Waals surface area contributed by atoms with Crippen molar-refractivity contribution in [2.75, 3.05) is 13.2 Å². The van der Waals surface area contributed by atoms with Gasteiger partial charge in [0.15, 0.2) is 0 Å². The molecule has 0 aliphatic heterocycles. The average Bonchev–Trinajstić information content (AvgIpc) is 2.51. The molecular weight excluding hydrogens is 305 g/mol. The number of rotatable bonds is 11. The molecule has 23 heavy (non-hydrogen) atoms. The maximum absolute atomic E-state index is 13.2. The van der Waals surface area contributed by atoms with Gasteiger partial charge < -0.3 is 9.84 Å². The molecule has 0 fully saturated rings. The fourth-order valence-corrected chi connectivity index (χ4v) is 2.41. The summed E-state index contributed by atoms with van der Waals surface area (Å²) in [5, 5.41) is 8.75. The summed E-state index contributed by atoms with van der Waals surface area (Å²) in [6, 6.07) is 4.27. The van der Waals surface area contributed by atoms with Crippen molar-refractivity contribution in [3.05, 3.63) is 29.3 Å². The Morgan fingerprint density at radius 3 is 2.39 bits per heavy atom. The molecule has 0 radical (unpaired) electrons. The van der Waals surface area contributed by atoms with E-state index in [1.54, 1.807) is 6.07 Å². The first-order valence-corrected chi connectivity index (χ1v) is 8.42. The van der Waals surface area contributed by atoms with Crippen molar-refractivity contribution in [3.8, 4) is 5.75 Å². The van der Waals surface area contributed by atoms with Gasteiger partial charge in [-0.05, 0) is 43.4 Å². The summed E-state index contributed by atoms with van der Waals surface area (Å²) in [6.45, 7) is 2.50. The molecule has 0 spiro atoms. The van der Waals surface area contributed by atoms with E-state index in [2.05, 4.69) is 6.92 Å². The summed E-state index contributed by atoms with van der Waals surface area (Å²) in [5.74, 6) is -0.0844. The Morgan fingerprint density at radius 1 is 1.00 bits per heavy atom. The SMILES string of the molecule is CCCCCCCOc1ccc(CCCCO)cc1C(F)(F)F. The molecule has 0 aliphatic rings. The molecule has 1 aromatic carbocycles. The van der Waals surface area contributed by atoms with Crippen LogP contribution in [0.2, 0.25) is 0 Å². The zero-order valence-electron chi connectivity index (χ0n) is 13.8. The Kier molecular flexibility index (Phi) is 9.07. The van der Waals surface area contributed by atoms with E-state index in [1.807, 2.05) is 0 Å². The van der Waals surface area contributed by atoms with Gasteiger partial charge in [-0.3, -0.25) is 0 Å². The summed E-state index contributed by atoms with van der Waals surface area (Å²) < 4.78 is 44.9. The fraction of sp³-hybridized carbons (Fsp3) is 0.667. The van der Waals surface area contributed by atoms with E-state index < -0.39 is 11.7 Å². The minimum atomic E-state index is -4.41. The highest BCUT2D eigenvalue weighted by Gasteiger charge is 2.34. The monoisotopic (exact) mass is 332 g/mol. The third-order valence-electron chi connectivity index (χ3n) is 3.73. The molecule has 0 amide bonds. The molecule has 5 heteroatoms. The number of unbranched alkanes of at least 4 members (excludes halogenated alkanes) is 5. The van der Waals surface area contributed by atoms with Gasteiger partial charge in [0.05, 0.1) is 12.2 Å². The highest BCUT2D eigenvalue weighted by molar-refractivity contribution is 5.39. The van der Waals surface area contributed by atoms with Gasteiger partial charge in [-0.1, -0.05) is 38.7 Å². The average molecular weight is 332 g/mol. The highest BCUT2D eigenvalue weighted by Crippen LogP contribution is 2.37. The summed E-state index contributed by atoms with van der Waals surface area (Å²) in [4.78, 5) is 0. The van der Waals surface area contributed by atoms with Crippen LogP contribution in [0.15, 0.2) is 18.2 Å². The van der Waals surface area contributed by atoms with Crippen LogP contribution in [-0.2, 0) is 12.6 Å². The maximum Gasteiger partial charge on any atom is 0.419 e. The molecular formula is C18H27F3O2. The van der Waals surface area contributed by atoms with Crippen molar-refractivity contribution in [2.24, 2.45) is 0 Å². The molecule has 0 aromatic heterocycles. The number of hydrogen-bond acceptors (Lipinski definition) is 2. The Bertz CT molecular complexity index is 444. The first-order chi connectivity index (χ1) is 11.0. The molecule has 0 heterocycles. The number of ether oxygens (including phenoxy) is 1. The molecule has 2 nitrogen and oxygen atoms in total. The van der Waals surface area contributed by atoms with Gasteiger partial charge in [0.25, 0.3) is 0 Å². The second kappa shape index (κ2) is 10.5. The Morgan fingerprint density at radius 2 is 1.74 bits per heavy atom. The minimum Gasteiger partial charge on any atom is -0.493 e. The number of alkyl halides is 3. The summed E-state index contributed by atoms with van der Waals surface area (Å²) in [5.41, 5.74) is -0.0753. The molecule has 132 valence electrons. The van der Waals surface area contributed by atoms with E-state index in [0.29, 0.717) is 31.4 Å². The van der Waals surface area contributed by atoms with E-state index in [9.17, 15) is 13.2 Å². The number of aliphatic hydroxyl groups excluding tert-OH is 1. The van der Waals surface area contributed by atoms with Gasteiger partial charge in [-0.2, -0.15) is 13.2 Å². The molecule has 0 saturated carbocycles. The van der Waals surface area contributed by atoms with Crippen LogP contribution in [0.1, 0.15) is 63.0 Å². The van der Waals surface area contributed by atoms with Crippen molar-refractivity contribution in [3.63, 3.8) is 0 Å². The lowest BCUT2D eigenvalue weighted by Crippen LogP contribution is -2.10. The quantitative estimate of drug-likeness (QED) is 0.552. The van der Waals surface area contributed by atoms with E-state index in [-0.39, 0.29) is 12.4 Å². The lowest BCUT2D eigenvalue weighted by Gasteiger charge is -2.15. The first kappa shape index (κ1) is 19.8. The standard InChI is InChI=1S/C18H27F3O2/c1-2-3-4-5-8-13-23-17-11-10-15(9-6-7-12-22)14-16(17)18(19,20)21/h10-11,14,22H,2-9,12-13H2,1H3. The Labute approximate surface area is 136 Å². The summed E-state index contributed by atoms with van der Waals surface area (Å²) in [7, 11) is 0.